The molecule has 0 N–H and O–H groups in total. The molecular weight excluding hydrogens is 406 g/mol. The molecule has 4 aromatic rings. The Morgan fingerprint density at radius 2 is 1.90 bits per heavy atom. The predicted octanol–water partition coefficient (Wildman–Crippen LogP) is 1.60. The largest absolute Gasteiger partial charge is 0.459 e. The van der Waals surface area contributed by atoms with Gasteiger partial charge < -0.3 is 14.2 Å². The number of aromatic nitrogens is 3. The summed E-state index contributed by atoms with van der Waals surface area (Å²) in [6.45, 7) is 3.34. The van der Waals surface area contributed by atoms with Crippen molar-refractivity contribution in [3.63, 3.8) is 0 Å². The molecule has 0 spiro atoms. The highest BCUT2D eigenvalue weighted by Gasteiger charge is 2.26. The molecule has 30 heavy (non-hydrogen) atoms. The van der Waals surface area contributed by atoms with E-state index in [1.54, 1.807) is 33.3 Å². The van der Waals surface area contributed by atoms with E-state index in [-0.39, 0.29) is 23.9 Å². The van der Waals surface area contributed by atoms with Gasteiger partial charge in [-0.3, -0.25) is 18.8 Å². The van der Waals surface area contributed by atoms with Crippen LogP contribution in [0.2, 0.25) is 0 Å². The van der Waals surface area contributed by atoms with Crippen molar-refractivity contribution < 1.29 is 14.0 Å². The van der Waals surface area contributed by atoms with Crippen molar-refractivity contribution in [1.29, 1.82) is 0 Å². The van der Waals surface area contributed by atoms with Crippen LogP contribution in [0.3, 0.4) is 0 Å². The minimum atomic E-state index is -0.288. The standard InChI is InChI=1S/C20H19N5O4S/c1-13-21-24(19(27)15-11-17-14(25(13)15)4-10-30-17)12-18(26)22-5-7-23(8-6-22)20(28)16-3-2-9-29-16/h2-4,9-11H,5-8,12H2,1H3. The van der Waals surface area contributed by atoms with Crippen LogP contribution in [-0.2, 0) is 11.3 Å². The minimum absolute atomic E-state index is 0.124. The van der Waals surface area contributed by atoms with Gasteiger partial charge in [0.2, 0.25) is 5.91 Å². The summed E-state index contributed by atoms with van der Waals surface area (Å²) in [6, 6.07) is 7.10. The van der Waals surface area contributed by atoms with Crippen molar-refractivity contribution in [3.05, 3.63) is 57.8 Å². The summed E-state index contributed by atoms with van der Waals surface area (Å²) < 4.78 is 9.23. The Morgan fingerprint density at radius 3 is 2.63 bits per heavy atom. The molecular formula is C20H19N5O4S. The Hall–Kier alpha value is -3.40. The van der Waals surface area contributed by atoms with Gasteiger partial charge in [-0.15, -0.1) is 11.3 Å². The molecule has 10 heteroatoms. The van der Waals surface area contributed by atoms with E-state index in [1.807, 2.05) is 28.8 Å². The second-order valence-electron chi connectivity index (χ2n) is 7.20. The highest BCUT2D eigenvalue weighted by Crippen LogP contribution is 2.24. The van der Waals surface area contributed by atoms with E-state index in [0.717, 1.165) is 10.2 Å². The van der Waals surface area contributed by atoms with Crippen LogP contribution in [0.4, 0.5) is 0 Å². The molecule has 0 saturated carbocycles. The third-order valence-corrected chi connectivity index (χ3v) is 6.26. The van der Waals surface area contributed by atoms with Gasteiger partial charge in [-0.2, -0.15) is 5.10 Å². The first-order valence-electron chi connectivity index (χ1n) is 9.60. The fourth-order valence-electron chi connectivity index (χ4n) is 3.88. The minimum Gasteiger partial charge on any atom is -0.459 e. The molecule has 0 aromatic carbocycles. The third kappa shape index (κ3) is 3.00. The summed E-state index contributed by atoms with van der Waals surface area (Å²) in [5.41, 5.74) is 1.18. The Labute approximate surface area is 174 Å². The van der Waals surface area contributed by atoms with Gasteiger partial charge in [-0.1, -0.05) is 0 Å². The Balaban J connectivity index is 1.31. The van der Waals surface area contributed by atoms with Gasteiger partial charge in [0.1, 0.15) is 17.9 Å². The number of thiophene rings is 1. The highest BCUT2D eigenvalue weighted by molar-refractivity contribution is 7.17. The van der Waals surface area contributed by atoms with Crippen LogP contribution in [0.1, 0.15) is 16.4 Å². The van der Waals surface area contributed by atoms with Crippen LogP contribution in [0.5, 0.6) is 0 Å². The third-order valence-electron chi connectivity index (χ3n) is 5.40. The quantitative estimate of drug-likeness (QED) is 0.497. The van der Waals surface area contributed by atoms with Crippen LogP contribution in [0.15, 0.2) is 45.1 Å². The number of nitrogens with zero attached hydrogens (tertiary/aromatic N) is 5. The van der Waals surface area contributed by atoms with E-state index >= 15 is 0 Å². The van der Waals surface area contributed by atoms with Crippen molar-refractivity contribution in [1.82, 2.24) is 24.0 Å². The normalized spacial score (nSPS) is 14.7. The maximum atomic E-state index is 12.9. The van der Waals surface area contributed by atoms with E-state index in [0.29, 0.717) is 43.3 Å². The summed E-state index contributed by atoms with van der Waals surface area (Å²) in [6.07, 6.45) is 1.46. The maximum absolute atomic E-state index is 12.9. The van der Waals surface area contributed by atoms with Crippen molar-refractivity contribution in [2.24, 2.45) is 0 Å². The molecule has 154 valence electrons. The van der Waals surface area contributed by atoms with Gasteiger partial charge in [0.25, 0.3) is 11.5 Å². The Morgan fingerprint density at radius 1 is 1.13 bits per heavy atom. The average Bonchev–Trinajstić information content (AvgIpc) is 3.48. The lowest BCUT2D eigenvalue weighted by Gasteiger charge is -2.34. The second kappa shape index (κ2) is 7.13. The maximum Gasteiger partial charge on any atom is 0.291 e. The number of amides is 2. The average molecular weight is 425 g/mol. The molecule has 1 saturated heterocycles. The monoisotopic (exact) mass is 425 g/mol. The molecule has 0 unspecified atom stereocenters. The Bertz CT molecular complexity index is 1310. The van der Waals surface area contributed by atoms with Gasteiger partial charge in [0, 0.05) is 26.2 Å². The number of carbonyl (C=O) groups excluding carboxylic acids is 2. The lowest BCUT2D eigenvalue weighted by molar-refractivity contribution is -0.133. The van der Waals surface area contributed by atoms with E-state index in [1.165, 1.54) is 10.9 Å². The summed E-state index contributed by atoms with van der Waals surface area (Å²) in [5.74, 6) is 0.576. The Kier molecular flexibility index (Phi) is 4.43. The van der Waals surface area contributed by atoms with Crippen molar-refractivity contribution >= 4 is 38.9 Å². The molecule has 1 fully saturated rings. The first-order valence-corrected chi connectivity index (χ1v) is 10.5. The van der Waals surface area contributed by atoms with E-state index in [2.05, 4.69) is 5.10 Å². The molecule has 9 nitrogen and oxygen atoms in total. The molecule has 5 heterocycles. The van der Waals surface area contributed by atoms with E-state index in [9.17, 15) is 14.4 Å². The second-order valence-corrected chi connectivity index (χ2v) is 8.14. The van der Waals surface area contributed by atoms with Crippen LogP contribution in [0, 0.1) is 6.92 Å². The number of furan rings is 1. The predicted molar refractivity (Wildman–Crippen MR) is 111 cm³/mol. The molecule has 0 aliphatic carbocycles. The number of hydrogen-bond acceptors (Lipinski definition) is 6. The van der Waals surface area contributed by atoms with Gasteiger partial charge in [-0.05, 0) is 36.6 Å². The lowest BCUT2D eigenvalue weighted by atomic mass is 10.2. The first kappa shape index (κ1) is 18.6. The number of aryl methyl sites for hydroxylation is 1. The van der Waals surface area contributed by atoms with Crippen molar-refractivity contribution in [2.45, 2.75) is 13.5 Å². The first-order chi connectivity index (χ1) is 14.5. The highest BCUT2D eigenvalue weighted by atomic mass is 32.1. The molecule has 1 aliphatic heterocycles. The van der Waals surface area contributed by atoms with Crippen molar-refractivity contribution in [3.8, 4) is 0 Å². The summed E-state index contributed by atoms with van der Waals surface area (Å²) in [4.78, 5) is 41.4. The number of piperazine rings is 1. The van der Waals surface area contributed by atoms with Gasteiger partial charge in [0.05, 0.1) is 16.5 Å². The zero-order valence-corrected chi connectivity index (χ0v) is 17.1. The van der Waals surface area contributed by atoms with Gasteiger partial charge >= 0.3 is 0 Å². The number of hydrogen-bond donors (Lipinski definition) is 0. The molecule has 0 bridgehead atoms. The molecule has 1 aliphatic rings. The van der Waals surface area contributed by atoms with Crippen LogP contribution in [0.25, 0.3) is 15.7 Å². The van der Waals surface area contributed by atoms with Gasteiger partial charge in [-0.25, -0.2) is 4.68 Å². The topological polar surface area (TPSA) is 93.1 Å². The number of carbonyl (C=O) groups is 2. The lowest BCUT2D eigenvalue weighted by Crippen LogP contribution is -2.51. The van der Waals surface area contributed by atoms with E-state index in [4.69, 9.17) is 4.42 Å². The summed E-state index contributed by atoms with van der Waals surface area (Å²) in [7, 11) is 0. The molecule has 2 amide bonds. The van der Waals surface area contributed by atoms with Crippen LogP contribution < -0.4 is 5.56 Å². The summed E-state index contributed by atoms with van der Waals surface area (Å²) >= 11 is 1.56. The fourth-order valence-corrected chi connectivity index (χ4v) is 4.68. The zero-order chi connectivity index (χ0) is 20.8. The van der Waals surface area contributed by atoms with E-state index < -0.39 is 0 Å². The van der Waals surface area contributed by atoms with Crippen LogP contribution in [-0.4, -0.2) is 62.0 Å². The van der Waals surface area contributed by atoms with Gasteiger partial charge in [0.15, 0.2) is 5.76 Å². The SMILES string of the molecule is Cc1nn(CC(=O)N2CCN(C(=O)c3ccco3)CC2)c(=O)c2cc3sccc3n12. The zero-order valence-electron chi connectivity index (χ0n) is 16.3. The fraction of sp³-hybridized carbons (Fsp3) is 0.300. The number of rotatable bonds is 3. The molecule has 4 aromatic heterocycles. The van der Waals surface area contributed by atoms with Crippen LogP contribution >= 0.6 is 11.3 Å². The molecule has 0 atom stereocenters. The number of fused-ring (bicyclic) bond motifs is 3. The summed E-state index contributed by atoms with van der Waals surface area (Å²) in [5, 5.41) is 6.34. The smallest absolute Gasteiger partial charge is 0.291 e. The molecule has 5 rings (SSSR count). The van der Waals surface area contributed by atoms with Crippen molar-refractivity contribution in [2.75, 3.05) is 26.2 Å². The molecule has 0 radical (unpaired) electrons.